The Morgan fingerprint density at radius 3 is 2.56 bits per heavy atom. The van der Waals surface area contributed by atoms with Crippen molar-refractivity contribution in [3.05, 3.63) is 22.4 Å². The Hall–Kier alpha value is -0.870. The second-order valence-electron chi connectivity index (χ2n) is 4.98. The summed E-state index contributed by atoms with van der Waals surface area (Å²) < 4.78 is 0. The topological polar surface area (TPSA) is 46.3 Å². The molecule has 1 unspecified atom stereocenters. The minimum atomic E-state index is -0.336. The van der Waals surface area contributed by atoms with Gasteiger partial charge in [0.25, 0.3) is 0 Å². The van der Waals surface area contributed by atoms with Crippen LogP contribution >= 0.6 is 11.3 Å². The molecular weight excluding hydrogens is 244 g/mol. The molecule has 1 fully saturated rings. The predicted octanol–water partition coefficient (Wildman–Crippen LogP) is 2.79. The van der Waals surface area contributed by atoms with Gasteiger partial charge in [-0.1, -0.05) is 12.5 Å². The number of carbonyl (C=O) groups excluding carboxylic acids is 1. The van der Waals surface area contributed by atoms with Gasteiger partial charge in [-0.3, -0.25) is 4.79 Å². The van der Waals surface area contributed by atoms with E-state index in [2.05, 4.69) is 0 Å². The quantitative estimate of drug-likeness (QED) is 0.890. The smallest absolute Gasteiger partial charge is 0.230 e. The standard InChI is InChI=1S/C14H22N2OS/c1-3-16(4-2)13(17)14(8-6-9-14)12(15)11-7-5-10-18-11/h5,7,10,12H,3-4,6,8-9,15H2,1-2H3. The molecule has 1 atom stereocenters. The first-order chi connectivity index (χ1) is 8.65. The summed E-state index contributed by atoms with van der Waals surface area (Å²) >= 11 is 1.66. The molecule has 1 aliphatic rings. The average molecular weight is 266 g/mol. The summed E-state index contributed by atoms with van der Waals surface area (Å²) in [7, 11) is 0. The SMILES string of the molecule is CCN(CC)C(=O)C1(C(N)c2cccs2)CCC1. The van der Waals surface area contributed by atoms with Crippen LogP contribution in [0.5, 0.6) is 0 Å². The Labute approximate surface area is 113 Å². The van der Waals surface area contributed by atoms with Crippen molar-refractivity contribution in [2.45, 2.75) is 39.2 Å². The van der Waals surface area contributed by atoms with E-state index >= 15 is 0 Å². The van der Waals surface area contributed by atoms with Crippen molar-refractivity contribution in [2.75, 3.05) is 13.1 Å². The molecule has 0 aliphatic heterocycles. The van der Waals surface area contributed by atoms with Crippen molar-refractivity contribution in [3.8, 4) is 0 Å². The molecule has 100 valence electrons. The highest BCUT2D eigenvalue weighted by atomic mass is 32.1. The van der Waals surface area contributed by atoms with E-state index in [4.69, 9.17) is 5.73 Å². The van der Waals surface area contributed by atoms with Crippen molar-refractivity contribution >= 4 is 17.2 Å². The Kier molecular flexibility index (Phi) is 4.07. The number of hydrogen-bond acceptors (Lipinski definition) is 3. The zero-order chi connectivity index (χ0) is 13.2. The summed E-state index contributed by atoms with van der Waals surface area (Å²) in [5.41, 5.74) is 6.05. The normalized spacial score (nSPS) is 19.1. The lowest BCUT2D eigenvalue weighted by molar-refractivity contribution is -0.149. The van der Waals surface area contributed by atoms with Crippen LogP contribution in [-0.4, -0.2) is 23.9 Å². The molecule has 18 heavy (non-hydrogen) atoms. The highest BCUT2D eigenvalue weighted by molar-refractivity contribution is 7.10. The molecule has 0 aromatic carbocycles. The summed E-state index contributed by atoms with van der Waals surface area (Å²) in [6, 6.07) is 3.92. The molecule has 0 spiro atoms. The highest BCUT2D eigenvalue weighted by Gasteiger charge is 2.51. The van der Waals surface area contributed by atoms with Crippen LogP contribution in [0.25, 0.3) is 0 Å². The van der Waals surface area contributed by atoms with Gasteiger partial charge >= 0.3 is 0 Å². The van der Waals surface area contributed by atoms with Gasteiger partial charge in [-0.05, 0) is 38.1 Å². The zero-order valence-electron chi connectivity index (χ0n) is 11.2. The molecule has 4 heteroatoms. The van der Waals surface area contributed by atoms with Crippen LogP contribution in [0.2, 0.25) is 0 Å². The summed E-state index contributed by atoms with van der Waals surface area (Å²) in [4.78, 5) is 15.8. The van der Waals surface area contributed by atoms with Crippen LogP contribution in [0.4, 0.5) is 0 Å². The summed E-state index contributed by atoms with van der Waals surface area (Å²) in [6.07, 6.45) is 2.98. The first-order valence-corrected chi connectivity index (χ1v) is 7.62. The Morgan fingerprint density at radius 2 is 2.17 bits per heavy atom. The third kappa shape index (κ3) is 2.08. The van der Waals surface area contributed by atoms with Crippen LogP contribution in [0.3, 0.4) is 0 Å². The van der Waals surface area contributed by atoms with Crippen molar-refractivity contribution in [1.82, 2.24) is 4.90 Å². The fourth-order valence-electron chi connectivity index (χ4n) is 2.78. The van der Waals surface area contributed by atoms with E-state index in [9.17, 15) is 4.79 Å². The predicted molar refractivity (Wildman–Crippen MR) is 75.5 cm³/mol. The lowest BCUT2D eigenvalue weighted by Gasteiger charge is -2.46. The zero-order valence-corrected chi connectivity index (χ0v) is 12.0. The van der Waals surface area contributed by atoms with E-state index in [1.165, 1.54) is 0 Å². The minimum Gasteiger partial charge on any atom is -0.343 e. The van der Waals surface area contributed by atoms with E-state index in [0.29, 0.717) is 0 Å². The number of nitrogens with two attached hydrogens (primary N) is 1. The monoisotopic (exact) mass is 266 g/mol. The Balaban J connectivity index is 2.23. The first kappa shape index (κ1) is 13.6. The molecule has 0 radical (unpaired) electrons. The van der Waals surface area contributed by atoms with Crippen molar-refractivity contribution < 1.29 is 4.79 Å². The second-order valence-corrected chi connectivity index (χ2v) is 5.96. The number of carbonyl (C=O) groups is 1. The van der Waals surface area contributed by atoms with Gasteiger partial charge in [0.1, 0.15) is 0 Å². The lowest BCUT2D eigenvalue weighted by atomic mass is 9.63. The first-order valence-electron chi connectivity index (χ1n) is 6.74. The van der Waals surface area contributed by atoms with Crippen molar-refractivity contribution in [1.29, 1.82) is 0 Å². The number of amides is 1. The van der Waals surface area contributed by atoms with Gasteiger partial charge in [0.2, 0.25) is 5.91 Å². The summed E-state index contributed by atoms with van der Waals surface area (Å²) in [5, 5.41) is 2.03. The van der Waals surface area contributed by atoms with E-state index < -0.39 is 0 Å². The number of thiophene rings is 1. The van der Waals surface area contributed by atoms with Gasteiger partial charge in [0.05, 0.1) is 11.5 Å². The molecule has 1 aliphatic carbocycles. The van der Waals surface area contributed by atoms with Gasteiger partial charge in [-0.15, -0.1) is 11.3 Å². The molecule has 0 saturated heterocycles. The van der Waals surface area contributed by atoms with E-state index in [1.54, 1.807) is 11.3 Å². The van der Waals surface area contributed by atoms with Gasteiger partial charge < -0.3 is 10.6 Å². The Bertz CT molecular complexity index is 394. The molecule has 1 saturated carbocycles. The number of nitrogens with zero attached hydrogens (tertiary/aromatic N) is 1. The molecule has 2 rings (SSSR count). The molecular formula is C14H22N2OS. The van der Waals surface area contributed by atoms with E-state index in [-0.39, 0.29) is 17.4 Å². The molecule has 2 N–H and O–H groups in total. The fraction of sp³-hybridized carbons (Fsp3) is 0.643. The molecule has 1 heterocycles. The Morgan fingerprint density at radius 1 is 1.50 bits per heavy atom. The molecule has 3 nitrogen and oxygen atoms in total. The molecule has 0 bridgehead atoms. The fourth-order valence-corrected chi connectivity index (χ4v) is 3.63. The molecule has 1 amide bonds. The largest absolute Gasteiger partial charge is 0.343 e. The van der Waals surface area contributed by atoms with Crippen LogP contribution < -0.4 is 5.73 Å². The second kappa shape index (κ2) is 5.41. The van der Waals surface area contributed by atoms with Gasteiger partial charge in [0, 0.05) is 18.0 Å². The van der Waals surface area contributed by atoms with E-state index in [0.717, 1.165) is 37.2 Å². The van der Waals surface area contributed by atoms with Crippen LogP contribution in [0.1, 0.15) is 44.0 Å². The van der Waals surface area contributed by atoms with Gasteiger partial charge in [0.15, 0.2) is 0 Å². The summed E-state index contributed by atoms with van der Waals surface area (Å²) in [5.74, 6) is 0.250. The number of hydrogen-bond donors (Lipinski definition) is 1. The van der Waals surface area contributed by atoms with E-state index in [1.807, 2.05) is 36.3 Å². The lowest BCUT2D eigenvalue weighted by Crippen LogP contribution is -2.53. The van der Waals surface area contributed by atoms with Gasteiger partial charge in [-0.2, -0.15) is 0 Å². The molecule has 1 aromatic rings. The maximum Gasteiger partial charge on any atom is 0.230 e. The maximum atomic E-state index is 12.7. The third-order valence-electron chi connectivity index (χ3n) is 4.17. The van der Waals surface area contributed by atoms with Crippen molar-refractivity contribution in [2.24, 2.45) is 11.1 Å². The molecule has 1 aromatic heterocycles. The van der Waals surface area contributed by atoms with Crippen molar-refractivity contribution in [3.63, 3.8) is 0 Å². The van der Waals surface area contributed by atoms with Crippen LogP contribution in [0.15, 0.2) is 17.5 Å². The van der Waals surface area contributed by atoms with Crippen LogP contribution in [0, 0.1) is 5.41 Å². The number of rotatable bonds is 5. The summed E-state index contributed by atoms with van der Waals surface area (Å²) in [6.45, 7) is 5.61. The average Bonchev–Trinajstić information content (AvgIpc) is 2.82. The van der Waals surface area contributed by atoms with Crippen LogP contribution in [-0.2, 0) is 4.79 Å². The maximum absolute atomic E-state index is 12.7. The minimum absolute atomic E-state index is 0.139. The highest BCUT2D eigenvalue weighted by Crippen LogP contribution is 2.51. The van der Waals surface area contributed by atoms with Gasteiger partial charge in [-0.25, -0.2) is 0 Å². The third-order valence-corrected chi connectivity index (χ3v) is 5.12.